The molecule has 2 rings (SSSR count). The van der Waals surface area contributed by atoms with Crippen LogP contribution in [0.15, 0.2) is 53.6 Å². The number of carbonyl (C=O) groups excluding carboxylic acids is 1. The van der Waals surface area contributed by atoms with Crippen LogP contribution in [-0.4, -0.2) is 25.8 Å². The number of hydrogen-bond acceptors (Lipinski definition) is 4. The van der Waals surface area contributed by atoms with Crippen LogP contribution in [0.4, 0.5) is 0 Å². The maximum atomic E-state index is 12.2. The van der Waals surface area contributed by atoms with E-state index in [0.29, 0.717) is 23.5 Å². The zero-order valence-electron chi connectivity index (χ0n) is 13.5. The predicted molar refractivity (Wildman–Crippen MR) is 90.3 cm³/mol. The molecule has 5 heteroatoms. The van der Waals surface area contributed by atoms with Crippen LogP contribution >= 0.6 is 0 Å². The second kappa shape index (κ2) is 7.98. The first-order valence-electron chi connectivity index (χ1n) is 7.23. The fraction of sp³-hybridized carbons (Fsp3) is 0.222. The zero-order chi connectivity index (χ0) is 16.7. The molecule has 2 aromatic rings. The summed E-state index contributed by atoms with van der Waals surface area (Å²) in [7, 11) is 3.08. The van der Waals surface area contributed by atoms with Gasteiger partial charge in [-0.25, -0.2) is 5.43 Å². The first kappa shape index (κ1) is 16.5. The van der Waals surface area contributed by atoms with Gasteiger partial charge in [0.15, 0.2) is 11.5 Å². The Morgan fingerprint density at radius 2 is 1.74 bits per heavy atom. The number of amides is 1. The molecule has 0 saturated carbocycles. The molecule has 0 aromatic heterocycles. The lowest BCUT2D eigenvalue weighted by Crippen LogP contribution is -2.19. The summed E-state index contributed by atoms with van der Waals surface area (Å²) >= 11 is 0. The van der Waals surface area contributed by atoms with E-state index in [0.717, 1.165) is 11.3 Å². The van der Waals surface area contributed by atoms with Crippen molar-refractivity contribution in [2.75, 3.05) is 14.2 Å². The number of hydrogen-bond donors (Lipinski definition) is 1. The average molecular weight is 312 g/mol. The molecular weight excluding hydrogens is 292 g/mol. The molecule has 1 N–H and O–H groups in total. The van der Waals surface area contributed by atoms with Gasteiger partial charge >= 0.3 is 0 Å². The predicted octanol–water partition coefficient (Wildman–Crippen LogP) is 3.05. The third-order valence-electron chi connectivity index (χ3n) is 3.30. The summed E-state index contributed by atoms with van der Waals surface area (Å²) in [5.41, 5.74) is 4.99. The smallest absolute Gasteiger partial charge is 0.271 e. The van der Waals surface area contributed by atoms with Gasteiger partial charge in [0.2, 0.25) is 0 Å². The highest BCUT2D eigenvalue weighted by molar-refractivity contribution is 5.96. The first-order valence-corrected chi connectivity index (χ1v) is 7.23. The Hall–Kier alpha value is -2.82. The number of hydrazone groups is 1. The molecule has 5 nitrogen and oxygen atoms in total. The van der Waals surface area contributed by atoms with Gasteiger partial charge in [0, 0.05) is 17.7 Å². The normalized spacial score (nSPS) is 11.0. The quantitative estimate of drug-likeness (QED) is 0.659. The largest absolute Gasteiger partial charge is 0.493 e. The van der Waals surface area contributed by atoms with Gasteiger partial charge in [-0.3, -0.25) is 4.79 Å². The molecule has 0 saturated heterocycles. The first-order chi connectivity index (χ1) is 11.1. The van der Waals surface area contributed by atoms with E-state index in [1.807, 2.05) is 37.3 Å². The molecular formula is C18H20N2O3. The summed E-state index contributed by atoms with van der Waals surface area (Å²) in [6.45, 7) is 1.88. The minimum Gasteiger partial charge on any atom is -0.493 e. The third kappa shape index (κ3) is 4.57. The number of benzene rings is 2. The highest BCUT2D eigenvalue weighted by Crippen LogP contribution is 2.27. The van der Waals surface area contributed by atoms with Gasteiger partial charge in [0.1, 0.15) is 0 Å². The van der Waals surface area contributed by atoms with Crippen molar-refractivity contribution in [2.45, 2.75) is 13.3 Å². The molecule has 0 aliphatic carbocycles. The van der Waals surface area contributed by atoms with Crippen LogP contribution in [0.3, 0.4) is 0 Å². The van der Waals surface area contributed by atoms with E-state index in [4.69, 9.17) is 9.47 Å². The maximum Gasteiger partial charge on any atom is 0.271 e. The van der Waals surface area contributed by atoms with E-state index >= 15 is 0 Å². The molecule has 0 fully saturated rings. The standard InChI is InChI=1S/C18H20N2O3/c1-13(11-14-7-5-4-6-8-14)19-20-18(21)15-9-10-16(22-2)17(12-15)23-3/h4-10,12H,11H2,1-3H3,(H,20,21)/b19-13+. The van der Waals surface area contributed by atoms with E-state index < -0.39 is 0 Å². The van der Waals surface area contributed by atoms with Crippen LogP contribution < -0.4 is 14.9 Å². The van der Waals surface area contributed by atoms with E-state index in [2.05, 4.69) is 10.5 Å². The molecule has 0 atom stereocenters. The minimum absolute atomic E-state index is 0.293. The fourth-order valence-electron chi connectivity index (χ4n) is 2.12. The van der Waals surface area contributed by atoms with Gasteiger partial charge in [-0.2, -0.15) is 5.10 Å². The van der Waals surface area contributed by atoms with Crippen LogP contribution in [0.1, 0.15) is 22.8 Å². The van der Waals surface area contributed by atoms with Gasteiger partial charge in [0.25, 0.3) is 5.91 Å². The molecule has 0 radical (unpaired) electrons. The molecule has 0 aliphatic heterocycles. The molecule has 1 amide bonds. The van der Waals surface area contributed by atoms with E-state index in [1.54, 1.807) is 25.3 Å². The SMILES string of the molecule is COc1ccc(C(=O)N/N=C(\C)Cc2ccccc2)cc1OC. The van der Waals surface area contributed by atoms with E-state index in [1.165, 1.54) is 7.11 Å². The van der Waals surface area contributed by atoms with Crippen molar-refractivity contribution in [2.24, 2.45) is 5.10 Å². The lowest BCUT2D eigenvalue weighted by molar-refractivity contribution is 0.0954. The minimum atomic E-state index is -0.293. The summed E-state index contributed by atoms with van der Waals surface area (Å²) in [5.74, 6) is 0.788. The van der Waals surface area contributed by atoms with E-state index in [-0.39, 0.29) is 5.91 Å². The number of carbonyl (C=O) groups is 1. The summed E-state index contributed by atoms with van der Waals surface area (Å²) < 4.78 is 10.3. The monoisotopic (exact) mass is 312 g/mol. The Bertz CT molecular complexity index is 697. The molecule has 0 spiro atoms. The molecule has 0 unspecified atom stereocenters. The second-order valence-electron chi connectivity index (χ2n) is 5.02. The van der Waals surface area contributed by atoms with Crippen molar-refractivity contribution in [3.05, 3.63) is 59.7 Å². The van der Waals surface area contributed by atoms with Gasteiger partial charge in [0.05, 0.1) is 14.2 Å². The number of nitrogens with one attached hydrogen (secondary N) is 1. The van der Waals surface area contributed by atoms with Crippen LogP contribution in [0, 0.1) is 0 Å². The summed E-state index contributed by atoms with van der Waals surface area (Å²) in [6, 6.07) is 14.9. The lowest BCUT2D eigenvalue weighted by atomic mass is 10.1. The highest BCUT2D eigenvalue weighted by atomic mass is 16.5. The molecule has 2 aromatic carbocycles. The maximum absolute atomic E-state index is 12.2. The Morgan fingerprint density at radius 1 is 1.04 bits per heavy atom. The Kier molecular flexibility index (Phi) is 5.74. The van der Waals surface area contributed by atoms with Crippen molar-refractivity contribution in [3.63, 3.8) is 0 Å². The summed E-state index contributed by atoms with van der Waals surface area (Å²) in [6.07, 6.45) is 0.688. The van der Waals surface area contributed by atoms with Crippen molar-refractivity contribution >= 4 is 11.6 Å². The highest BCUT2D eigenvalue weighted by Gasteiger charge is 2.10. The Labute approximate surface area is 135 Å². The number of nitrogens with zero attached hydrogens (tertiary/aromatic N) is 1. The van der Waals surface area contributed by atoms with Gasteiger partial charge in [-0.15, -0.1) is 0 Å². The summed E-state index contributed by atoms with van der Waals surface area (Å²) in [4.78, 5) is 12.2. The van der Waals surface area contributed by atoms with Crippen LogP contribution in [0.2, 0.25) is 0 Å². The summed E-state index contributed by atoms with van der Waals surface area (Å²) in [5, 5.41) is 4.14. The molecule has 120 valence electrons. The van der Waals surface area contributed by atoms with Crippen molar-refractivity contribution < 1.29 is 14.3 Å². The molecule has 0 heterocycles. The van der Waals surface area contributed by atoms with Crippen molar-refractivity contribution in [3.8, 4) is 11.5 Å². The number of methoxy groups -OCH3 is 2. The Morgan fingerprint density at radius 3 is 2.39 bits per heavy atom. The van der Waals surface area contributed by atoms with Crippen molar-refractivity contribution in [1.29, 1.82) is 0 Å². The zero-order valence-corrected chi connectivity index (χ0v) is 13.5. The van der Waals surface area contributed by atoms with Gasteiger partial charge < -0.3 is 9.47 Å². The van der Waals surface area contributed by atoms with Gasteiger partial charge in [-0.05, 0) is 30.7 Å². The van der Waals surface area contributed by atoms with E-state index in [9.17, 15) is 4.79 Å². The number of ether oxygens (including phenoxy) is 2. The molecule has 23 heavy (non-hydrogen) atoms. The van der Waals surface area contributed by atoms with Gasteiger partial charge in [-0.1, -0.05) is 30.3 Å². The van der Waals surface area contributed by atoms with Crippen LogP contribution in [0.5, 0.6) is 11.5 Å². The number of rotatable bonds is 6. The topological polar surface area (TPSA) is 59.9 Å². The van der Waals surface area contributed by atoms with Crippen LogP contribution in [0.25, 0.3) is 0 Å². The van der Waals surface area contributed by atoms with Crippen molar-refractivity contribution in [1.82, 2.24) is 5.43 Å². The third-order valence-corrected chi connectivity index (χ3v) is 3.30. The van der Waals surface area contributed by atoms with Crippen LogP contribution in [-0.2, 0) is 6.42 Å². The average Bonchev–Trinajstić information content (AvgIpc) is 2.59. The Balaban J connectivity index is 2.02. The second-order valence-corrected chi connectivity index (χ2v) is 5.02. The molecule has 0 aliphatic rings. The lowest BCUT2D eigenvalue weighted by Gasteiger charge is -2.09. The fourth-order valence-corrected chi connectivity index (χ4v) is 2.12. The molecule has 0 bridgehead atoms.